The zero-order chi connectivity index (χ0) is 13.2. The maximum absolute atomic E-state index is 12.1. The first-order chi connectivity index (χ1) is 7.84. The number of nitrogens with zero attached hydrogens (tertiary/aromatic N) is 1. The molecule has 0 radical (unpaired) electrons. The Labute approximate surface area is 104 Å². The number of aryl methyl sites for hydroxylation is 2. The third kappa shape index (κ3) is 3.07. The van der Waals surface area contributed by atoms with Gasteiger partial charge in [0, 0.05) is 12.7 Å². The largest absolute Gasteiger partial charge is 0.320 e. The van der Waals surface area contributed by atoms with Crippen LogP contribution < -0.4 is 10.6 Å². The third-order valence-electron chi connectivity index (χ3n) is 3.05. The van der Waals surface area contributed by atoms with Crippen LogP contribution in [0.15, 0.2) is 18.2 Å². The van der Waals surface area contributed by atoms with Gasteiger partial charge in [-0.15, -0.1) is 0 Å². The molecule has 0 aliphatic rings. The minimum absolute atomic E-state index is 0.0352. The molecule has 0 saturated heterocycles. The number of hydrogen-bond acceptors (Lipinski definition) is 2. The summed E-state index contributed by atoms with van der Waals surface area (Å²) in [7, 11) is 1.78. The average molecular weight is 234 g/mol. The number of hydrogen-bond donors (Lipinski definition) is 1. The highest BCUT2D eigenvalue weighted by molar-refractivity contribution is 5.97. The lowest BCUT2D eigenvalue weighted by molar-refractivity contribution is -0.120. The van der Waals surface area contributed by atoms with Gasteiger partial charge >= 0.3 is 0 Å². The van der Waals surface area contributed by atoms with Crippen molar-refractivity contribution >= 4 is 11.6 Å². The summed E-state index contributed by atoms with van der Waals surface area (Å²) in [5.74, 6) is 0.114. The van der Waals surface area contributed by atoms with Crippen LogP contribution >= 0.6 is 0 Å². The Morgan fingerprint density at radius 3 is 2.35 bits per heavy atom. The second kappa shape index (κ2) is 5.32. The molecule has 0 aliphatic heterocycles. The predicted octanol–water partition coefficient (Wildman–Crippen LogP) is 2.25. The fourth-order valence-corrected chi connectivity index (χ4v) is 1.81. The molecule has 2 N–H and O–H groups in total. The number of amides is 1. The molecule has 1 amide bonds. The Bertz CT molecular complexity index is 413. The molecule has 1 rings (SSSR count). The molecule has 0 saturated carbocycles. The smallest absolute Gasteiger partial charge is 0.243 e. The summed E-state index contributed by atoms with van der Waals surface area (Å²) < 4.78 is 0. The van der Waals surface area contributed by atoms with Crippen LogP contribution in [0.25, 0.3) is 0 Å². The number of anilines is 1. The summed E-state index contributed by atoms with van der Waals surface area (Å²) >= 11 is 0. The van der Waals surface area contributed by atoms with Crippen molar-refractivity contribution in [3.63, 3.8) is 0 Å². The van der Waals surface area contributed by atoms with Crippen LogP contribution in [-0.2, 0) is 4.79 Å². The van der Waals surface area contributed by atoms with Crippen LogP contribution in [0.2, 0.25) is 0 Å². The van der Waals surface area contributed by atoms with Crippen LogP contribution in [0.4, 0.5) is 5.69 Å². The maximum Gasteiger partial charge on any atom is 0.243 e. The average Bonchev–Trinajstić information content (AvgIpc) is 2.26. The topological polar surface area (TPSA) is 46.3 Å². The SMILES string of the molecule is Cc1ccc(N(C)C(=O)[C@H](N)C(C)C)c(C)c1. The molecular weight excluding hydrogens is 212 g/mol. The molecule has 0 aromatic heterocycles. The molecule has 0 aliphatic carbocycles. The molecule has 0 heterocycles. The van der Waals surface area contributed by atoms with Crippen LogP contribution in [-0.4, -0.2) is 19.0 Å². The fraction of sp³-hybridized carbons (Fsp3) is 0.500. The maximum atomic E-state index is 12.1. The molecule has 0 bridgehead atoms. The highest BCUT2D eigenvalue weighted by Crippen LogP contribution is 2.21. The normalized spacial score (nSPS) is 12.6. The van der Waals surface area contributed by atoms with E-state index in [2.05, 4.69) is 6.07 Å². The molecule has 1 atom stereocenters. The van der Waals surface area contributed by atoms with E-state index in [1.807, 2.05) is 39.8 Å². The molecule has 94 valence electrons. The van der Waals surface area contributed by atoms with E-state index in [0.717, 1.165) is 11.3 Å². The molecular formula is C14H22N2O. The van der Waals surface area contributed by atoms with Crippen molar-refractivity contribution in [2.75, 3.05) is 11.9 Å². The van der Waals surface area contributed by atoms with Gasteiger partial charge in [-0.3, -0.25) is 4.79 Å². The number of benzene rings is 1. The van der Waals surface area contributed by atoms with Crippen LogP contribution in [0.1, 0.15) is 25.0 Å². The zero-order valence-corrected chi connectivity index (χ0v) is 11.3. The summed E-state index contributed by atoms with van der Waals surface area (Å²) in [5.41, 5.74) is 9.10. The van der Waals surface area contributed by atoms with E-state index >= 15 is 0 Å². The van der Waals surface area contributed by atoms with E-state index in [-0.39, 0.29) is 11.8 Å². The summed E-state index contributed by atoms with van der Waals surface area (Å²) in [6.45, 7) is 7.96. The van der Waals surface area contributed by atoms with Crippen molar-refractivity contribution in [3.05, 3.63) is 29.3 Å². The number of carbonyl (C=O) groups excluding carboxylic acids is 1. The zero-order valence-electron chi connectivity index (χ0n) is 11.3. The van der Waals surface area contributed by atoms with Crippen molar-refractivity contribution in [2.24, 2.45) is 11.7 Å². The van der Waals surface area contributed by atoms with Crippen molar-refractivity contribution < 1.29 is 4.79 Å². The lowest BCUT2D eigenvalue weighted by atomic mass is 10.0. The highest BCUT2D eigenvalue weighted by Gasteiger charge is 2.22. The van der Waals surface area contributed by atoms with E-state index in [4.69, 9.17) is 5.73 Å². The Hall–Kier alpha value is -1.35. The number of carbonyl (C=O) groups is 1. The standard InChI is InChI=1S/C14H22N2O/c1-9(2)13(15)14(17)16(5)12-7-6-10(3)8-11(12)4/h6-9,13H,15H2,1-5H3/t13-/m1/s1. The molecule has 3 nitrogen and oxygen atoms in total. The first-order valence-electron chi connectivity index (χ1n) is 5.95. The molecule has 17 heavy (non-hydrogen) atoms. The van der Waals surface area contributed by atoms with Gasteiger partial charge in [-0.1, -0.05) is 31.5 Å². The number of nitrogens with two attached hydrogens (primary N) is 1. The van der Waals surface area contributed by atoms with Gasteiger partial charge in [0.2, 0.25) is 5.91 Å². The quantitative estimate of drug-likeness (QED) is 0.872. The molecule has 3 heteroatoms. The van der Waals surface area contributed by atoms with Crippen molar-refractivity contribution in [2.45, 2.75) is 33.7 Å². The summed E-state index contributed by atoms with van der Waals surface area (Å²) in [6.07, 6.45) is 0. The second-order valence-electron chi connectivity index (χ2n) is 4.96. The van der Waals surface area contributed by atoms with Gasteiger partial charge in [0.1, 0.15) is 0 Å². The van der Waals surface area contributed by atoms with E-state index in [9.17, 15) is 4.79 Å². The van der Waals surface area contributed by atoms with Crippen LogP contribution in [0, 0.1) is 19.8 Å². The number of rotatable bonds is 3. The van der Waals surface area contributed by atoms with Crippen molar-refractivity contribution in [1.82, 2.24) is 0 Å². The minimum atomic E-state index is -0.444. The van der Waals surface area contributed by atoms with Gasteiger partial charge < -0.3 is 10.6 Å². The van der Waals surface area contributed by atoms with Gasteiger partial charge in [-0.2, -0.15) is 0 Å². The Kier molecular flexibility index (Phi) is 4.29. The van der Waals surface area contributed by atoms with Gasteiger partial charge in [0.15, 0.2) is 0 Å². The summed E-state index contributed by atoms with van der Waals surface area (Å²) in [4.78, 5) is 13.8. The lowest BCUT2D eigenvalue weighted by Gasteiger charge is -2.25. The van der Waals surface area contributed by atoms with Gasteiger partial charge in [-0.25, -0.2) is 0 Å². The predicted molar refractivity (Wildman–Crippen MR) is 72.1 cm³/mol. The van der Waals surface area contributed by atoms with E-state index in [0.29, 0.717) is 0 Å². The molecule has 1 aromatic rings. The summed E-state index contributed by atoms with van der Waals surface area (Å²) in [5, 5.41) is 0. The first kappa shape index (κ1) is 13.7. The minimum Gasteiger partial charge on any atom is -0.320 e. The molecule has 0 spiro atoms. The summed E-state index contributed by atoms with van der Waals surface area (Å²) in [6, 6.07) is 5.60. The van der Waals surface area contributed by atoms with E-state index in [1.54, 1.807) is 11.9 Å². The Balaban J connectivity index is 2.96. The van der Waals surface area contributed by atoms with Gasteiger partial charge in [0.25, 0.3) is 0 Å². The van der Waals surface area contributed by atoms with Gasteiger partial charge in [-0.05, 0) is 31.4 Å². The molecule has 0 unspecified atom stereocenters. The Morgan fingerprint density at radius 2 is 1.88 bits per heavy atom. The molecule has 0 fully saturated rings. The molecule has 1 aromatic carbocycles. The first-order valence-corrected chi connectivity index (χ1v) is 5.95. The lowest BCUT2D eigenvalue weighted by Crippen LogP contribution is -2.45. The Morgan fingerprint density at radius 1 is 1.29 bits per heavy atom. The second-order valence-corrected chi connectivity index (χ2v) is 4.96. The third-order valence-corrected chi connectivity index (χ3v) is 3.05. The van der Waals surface area contributed by atoms with E-state index < -0.39 is 6.04 Å². The fourth-order valence-electron chi connectivity index (χ4n) is 1.81. The van der Waals surface area contributed by atoms with E-state index in [1.165, 1.54) is 5.56 Å². The van der Waals surface area contributed by atoms with Crippen LogP contribution in [0.5, 0.6) is 0 Å². The van der Waals surface area contributed by atoms with Crippen molar-refractivity contribution in [3.8, 4) is 0 Å². The number of likely N-dealkylation sites (N-methyl/N-ethyl adjacent to an activating group) is 1. The van der Waals surface area contributed by atoms with Crippen molar-refractivity contribution in [1.29, 1.82) is 0 Å². The van der Waals surface area contributed by atoms with Gasteiger partial charge in [0.05, 0.1) is 6.04 Å². The highest BCUT2D eigenvalue weighted by atomic mass is 16.2. The van der Waals surface area contributed by atoms with Crippen LogP contribution in [0.3, 0.4) is 0 Å². The monoisotopic (exact) mass is 234 g/mol.